The Kier molecular flexibility index (Phi) is 25.4. The molecule has 0 radical (unpaired) electrons. The molecular formula is C37H73N2+. The molecule has 0 aliphatic carbocycles. The number of nitrogens with one attached hydrogen (secondary N) is 1. The van der Waals surface area contributed by atoms with Gasteiger partial charge in [-0.3, -0.25) is 0 Å². The van der Waals surface area contributed by atoms with Crippen molar-refractivity contribution in [3.63, 3.8) is 0 Å². The highest BCUT2D eigenvalue weighted by Crippen LogP contribution is 2.27. The zero-order chi connectivity index (χ0) is 28.2. The summed E-state index contributed by atoms with van der Waals surface area (Å²) in [5, 5.41) is 0. The first kappa shape index (κ1) is 36.2. The van der Waals surface area contributed by atoms with Gasteiger partial charge in [-0.1, -0.05) is 181 Å². The summed E-state index contributed by atoms with van der Waals surface area (Å²) >= 11 is 0. The Morgan fingerprint density at radius 3 is 1.10 bits per heavy atom. The number of nitrogens with zero attached hydrogens (tertiary/aromatic N) is 1. The number of hydrogen-bond donors (Lipinski definition) is 1. The minimum atomic E-state index is 0.548. The van der Waals surface area contributed by atoms with Crippen LogP contribution in [-0.4, -0.2) is 4.98 Å². The van der Waals surface area contributed by atoms with Crippen molar-refractivity contribution >= 4 is 0 Å². The lowest BCUT2D eigenvalue weighted by Gasteiger charge is -2.15. The molecule has 0 fully saturated rings. The second-order valence-corrected chi connectivity index (χ2v) is 13.1. The molecule has 1 aromatic rings. The maximum absolute atomic E-state index is 3.64. The fourth-order valence-corrected chi connectivity index (χ4v) is 6.37. The summed E-state index contributed by atoms with van der Waals surface area (Å²) in [6.07, 6.45) is 44.7. The van der Waals surface area contributed by atoms with Crippen LogP contribution in [0.2, 0.25) is 0 Å². The fourth-order valence-electron chi connectivity index (χ4n) is 6.37. The second kappa shape index (κ2) is 27.4. The normalized spacial score (nSPS) is 12.5. The maximum Gasteiger partial charge on any atom is 0.257 e. The van der Waals surface area contributed by atoms with Gasteiger partial charge in [-0.15, -0.1) is 0 Å². The molecule has 0 aliphatic heterocycles. The van der Waals surface area contributed by atoms with Gasteiger partial charge in [0.15, 0.2) is 0 Å². The first-order valence-corrected chi connectivity index (χ1v) is 18.3. The van der Waals surface area contributed by atoms with Crippen LogP contribution in [-0.2, 0) is 0 Å². The first-order chi connectivity index (χ1) is 19.2. The van der Waals surface area contributed by atoms with E-state index >= 15 is 0 Å². The first-order valence-electron chi connectivity index (χ1n) is 18.3. The quantitative estimate of drug-likeness (QED) is 0.0732. The molecule has 0 saturated carbocycles. The molecule has 0 unspecified atom stereocenters. The van der Waals surface area contributed by atoms with Crippen LogP contribution in [0, 0.1) is 0 Å². The van der Waals surface area contributed by atoms with E-state index in [9.17, 15) is 0 Å². The molecular weight excluding hydrogens is 472 g/mol. The van der Waals surface area contributed by atoms with Gasteiger partial charge in [0.25, 0.3) is 5.82 Å². The van der Waals surface area contributed by atoms with Crippen LogP contribution in [0.5, 0.6) is 0 Å². The Morgan fingerprint density at radius 2 is 0.795 bits per heavy atom. The van der Waals surface area contributed by atoms with Crippen molar-refractivity contribution in [2.75, 3.05) is 0 Å². The molecule has 0 amide bonds. The molecule has 0 spiro atoms. The third-order valence-electron chi connectivity index (χ3n) is 9.00. The third-order valence-corrected chi connectivity index (χ3v) is 9.00. The number of aromatic amines is 1. The Balaban J connectivity index is 2.13. The van der Waals surface area contributed by atoms with Crippen LogP contribution in [0.25, 0.3) is 0 Å². The highest BCUT2D eigenvalue weighted by atomic mass is 15.1. The highest BCUT2D eigenvalue weighted by molar-refractivity contribution is 4.90. The molecule has 39 heavy (non-hydrogen) atoms. The van der Waals surface area contributed by atoms with Gasteiger partial charge in [-0.25, -0.2) is 9.55 Å². The molecule has 1 heterocycles. The van der Waals surface area contributed by atoms with Gasteiger partial charge in [0.05, 0.1) is 12.0 Å². The van der Waals surface area contributed by atoms with Gasteiger partial charge in [0, 0.05) is 0 Å². The van der Waals surface area contributed by atoms with Gasteiger partial charge in [0.1, 0.15) is 12.4 Å². The van der Waals surface area contributed by atoms with Crippen LogP contribution in [0.3, 0.4) is 0 Å². The van der Waals surface area contributed by atoms with Crippen molar-refractivity contribution < 1.29 is 4.57 Å². The summed E-state index contributed by atoms with van der Waals surface area (Å²) in [5.74, 6) is 2.20. The van der Waals surface area contributed by atoms with E-state index in [-0.39, 0.29) is 0 Å². The maximum atomic E-state index is 3.64. The van der Waals surface area contributed by atoms with Crippen molar-refractivity contribution in [3.8, 4) is 0 Å². The summed E-state index contributed by atoms with van der Waals surface area (Å²) in [6.45, 7) is 9.26. The van der Waals surface area contributed by atoms with Crippen LogP contribution < -0.4 is 4.57 Å². The van der Waals surface area contributed by atoms with Crippen LogP contribution in [0.15, 0.2) is 12.4 Å². The molecule has 1 atom stereocenters. The van der Waals surface area contributed by atoms with E-state index in [4.69, 9.17) is 0 Å². The van der Waals surface area contributed by atoms with E-state index < -0.39 is 0 Å². The zero-order valence-electron chi connectivity index (χ0n) is 27.6. The summed E-state index contributed by atoms with van der Waals surface area (Å²) in [7, 11) is 0. The molecule has 0 saturated heterocycles. The molecule has 0 aromatic carbocycles. The predicted molar refractivity (Wildman–Crippen MR) is 175 cm³/mol. The molecule has 1 N–H and O–H groups in total. The largest absolute Gasteiger partial charge is 0.257 e. The van der Waals surface area contributed by atoms with Crippen molar-refractivity contribution in [2.24, 2.45) is 0 Å². The molecule has 2 heteroatoms. The van der Waals surface area contributed by atoms with E-state index in [1.165, 1.54) is 186 Å². The summed E-state index contributed by atoms with van der Waals surface area (Å²) < 4.78 is 2.49. The smallest absolute Gasteiger partial charge is 0.247 e. The molecule has 2 nitrogen and oxygen atoms in total. The molecule has 1 rings (SSSR count). The van der Waals surface area contributed by atoms with E-state index in [1.54, 1.807) is 0 Å². The van der Waals surface area contributed by atoms with Crippen LogP contribution >= 0.6 is 0 Å². The number of unbranched alkanes of at least 4 members (excludes halogenated alkanes) is 24. The van der Waals surface area contributed by atoms with Gasteiger partial charge in [-0.05, 0) is 26.7 Å². The lowest BCUT2D eigenvalue weighted by Crippen LogP contribution is -2.39. The van der Waals surface area contributed by atoms with Crippen molar-refractivity contribution in [3.05, 3.63) is 18.2 Å². The predicted octanol–water partition coefficient (Wildman–Crippen LogP) is 12.9. The van der Waals surface area contributed by atoms with E-state index in [1.807, 2.05) is 0 Å². The molecule has 230 valence electrons. The molecule has 0 bridgehead atoms. The Bertz CT molecular complexity index is 604. The van der Waals surface area contributed by atoms with Crippen molar-refractivity contribution in [2.45, 2.75) is 219 Å². The van der Waals surface area contributed by atoms with E-state index in [0.717, 1.165) is 0 Å². The lowest BCUT2D eigenvalue weighted by molar-refractivity contribution is -0.723. The van der Waals surface area contributed by atoms with Crippen molar-refractivity contribution in [1.82, 2.24) is 4.98 Å². The number of H-pyrrole nitrogens is 1. The Labute approximate surface area is 246 Å². The SMILES string of the molecule is CCCCCCCCCCCCCCCCC[C@H](CCCCCCCCCCCCC)c1[nH]cc[n+]1C(C)C. The monoisotopic (exact) mass is 546 g/mol. The fraction of sp³-hybridized carbons (Fsp3) is 0.919. The van der Waals surface area contributed by atoms with E-state index in [0.29, 0.717) is 12.0 Å². The minimum Gasteiger partial charge on any atom is -0.247 e. The summed E-state index contributed by atoms with van der Waals surface area (Å²) in [4.78, 5) is 3.64. The topological polar surface area (TPSA) is 19.7 Å². The average Bonchev–Trinajstić information content (AvgIpc) is 3.43. The van der Waals surface area contributed by atoms with Gasteiger partial charge in [0.2, 0.25) is 0 Å². The Morgan fingerprint density at radius 1 is 0.487 bits per heavy atom. The highest BCUT2D eigenvalue weighted by Gasteiger charge is 2.23. The van der Waals surface area contributed by atoms with Gasteiger partial charge < -0.3 is 0 Å². The van der Waals surface area contributed by atoms with E-state index in [2.05, 4.69) is 49.6 Å². The summed E-state index contributed by atoms with van der Waals surface area (Å²) in [6, 6.07) is 0.548. The number of aromatic nitrogens is 2. The number of imidazole rings is 1. The standard InChI is InChI=1S/C37H72N2/c1-5-7-9-11-13-15-17-18-19-20-22-24-26-28-30-32-36(37-38-33-34-39(37)35(3)4)31-29-27-25-23-21-16-14-12-10-8-6-2/h33-36H,5-32H2,1-4H3/p+1/t36-/m0/s1. The number of rotatable bonds is 30. The Hall–Kier alpha value is -0.790. The third kappa shape index (κ3) is 20.7. The van der Waals surface area contributed by atoms with Crippen molar-refractivity contribution in [1.29, 1.82) is 0 Å². The molecule has 1 aromatic heterocycles. The zero-order valence-corrected chi connectivity index (χ0v) is 27.6. The van der Waals surface area contributed by atoms with Crippen LogP contribution in [0.4, 0.5) is 0 Å². The lowest BCUT2D eigenvalue weighted by atomic mass is 9.93. The second-order valence-electron chi connectivity index (χ2n) is 13.1. The number of hydrogen-bond acceptors (Lipinski definition) is 0. The van der Waals surface area contributed by atoms with Gasteiger partial charge in [-0.2, -0.15) is 0 Å². The minimum absolute atomic E-state index is 0.548. The van der Waals surface area contributed by atoms with Gasteiger partial charge >= 0.3 is 0 Å². The molecule has 0 aliphatic rings. The summed E-state index contributed by atoms with van der Waals surface area (Å²) in [5.41, 5.74) is 0. The average molecular weight is 546 g/mol. The van der Waals surface area contributed by atoms with Crippen LogP contribution in [0.1, 0.15) is 225 Å².